The fraction of sp³-hybridized carbons (Fsp3) is 0.417. The standard InChI is InChI=1S/C12H17NO2/c1-3-15-12(14)11-6-4-10(5-7-11)9(2)8-13/h4-7,9H,3,8,13H2,1-2H3. The first-order valence-electron chi connectivity index (χ1n) is 5.16. The van der Waals surface area contributed by atoms with E-state index in [1.807, 2.05) is 12.1 Å². The van der Waals surface area contributed by atoms with Crippen LogP contribution in [0.2, 0.25) is 0 Å². The molecule has 3 nitrogen and oxygen atoms in total. The number of carbonyl (C=O) groups excluding carboxylic acids is 1. The first kappa shape index (κ1) is 11.7. The summed E-state index contributed by atoms with van der Waals surface area (Å²) in [6.07, 6.45) is 0. The summed E-state index contributed by atoms with van der Waals surface area (Å²) >= 11 is 0. The molecular weight excluding hydrogens is 190 g/mol. The number of esters is 1. The van der Waals surface area contributed by atoms with Crippen LogP contribution in [0.5, 0.6) is 0 Å². The molecule has 0 saturated heterocycles. The van der Waals surface area contributed by atoms with E-state index >= 15 is 0 Å². The molecule has 0 aliphatic rings. The van der Waals surface area contributed by atoms with E-state index in [2.05, 4.69) is 6.92 Å². The Labute approximate surface area is 90.2 Å². The fourth-order valence-electron chi connectivity index (χ4n) is 1.30. The summed E-state index contributed by atoms with van der Waals surface area (Å²) in [6.45, 7) is 4.86. The summed E-state index contributed by atoms with van der Waals surface area (Å²) in [4.78, 5) is 11.3. The van der Waals surface area contributed by atoms with Crippen molar-refractivity contribution in [2.24, 2.45) is 5.73 Å². The molecule has 0 heterocycles. The van der Waals surface area contributed by atoms with Crippen molar-refractivity contribution in [1.29, 1.82) is 0 Å². The van der Waals surface area contributed by atoms with Crippen LogP contribution in [0, 0.1) is 0 Å². The minimum absolute atomic E-state index is 0.274. The van der Waals surface area contributed by atoms with Gasteiger partial charge in [0.2, 0.25) is 0 Å². The lowest BCUT2D eigenvalue weighted by atomic mass is 10.0. The predicted octanol–water partition coefficient (Wildman–Crippen LogP) is 1.93. The van der Waals surface area contributed by atoms with Crippen LogP contribution in [0.1, 0.15) is 35.7 Å². The molecule has 0 bridgehead atoms. The Kier molecular flexibility index (Phi) is 4.31. The highest BCUT2D eigenvalue weighted by Gasteiger charge is 2.07. The van der Waals surface area contributed by atoms with Crippen molar-refractivity contribution in [3.05, 3.63) is 35.4 Å². The van der Waals surface area contributed by atoms with E-state index in [-0.39, 0.29) is 5.97 Å². The fourth-order valence-corrected chi connectivity index (χ4v) is 1.30. The molecule has 0 amide bonds. The molecule has 0 aromatic heterocycles. The molecule has 1 aromatic rings. The van der Waals surface area contributed by atoms with Crippen molar-refractivity contribution in [2.75, 3.05) is 13.2 Å². The van der Waals surface area contributed by atoms with Crippen molar-refractivity contribution < 1.29 is 9.53 Å². The van der Waals surface area contributed by atoms with Crippen molar-refractivity contribution >= 4 is 5.97 Å². The van der Waals surface area contributed by atoms with Gasteiger partial charge in [-0.3, -0.25) is 0 Å². The lowest BCUT2D eigenvalue weighted by molar-refractivity contribution is 0.0526. The van der Waals surface area contributed by atoms with Gasteiger partial charge in [-0.1, -0.05) is 19.1 Å². The first-order chi connectivity index (χ1) is 7.19. The van der Waals surface area contributed by atoms with Gasteiger partial charge in [0.25, 0.3) is 0 Å². The van der Waals surface area contributed by atoms with Crippen molar-refractivity contribution in [1.82, 2.24) is 0 Å². The predicted molar refractivity (Wildman–Crippen MR) is 59.9 cm³/mol. The van der Waals surface area contributed by atoms with Gasteiger partial charge in [-0.25, -0.2) is 4.79 Å². The van der Waals surface area contributed by atoms with Gasteiger partial charge in [-0.2, -0.15) is 0 Å². The lowest BCUT2D eigenvalue weighted by Gasteiger charge is -2.09. The van der Waals surface area contributed by atoms with Crippen LogP contribution in [-0.4, -0.2) is 19.1 Å². The zero-order valence-electron chi connectivity index (χ0n) is 9.19. The molecule has 1 atom stereocenters. The van der Waals surface area contributed by atoms with E-state index in [4.69, 9.17) is 10.5 Å². The SMILES string of the molecule is CCOC(=O)c1ccc(C(C)CN)cc1. The lowest BCUT2D eigenvalue weighted by Crippen LogP contribution is -2.09. The number of nitrogens with two attached hydrogens (primary N) is 1. The van der Waals surface area contributed by atoms with Crippen molar-refractivity contribution in [3.8, 4) is 0 Å². The molecular formula is C12H17NO2. The van der Waals surface area contributed by atoms with Gasteiger partial charge in [-0.15, -0.1) is 0 Å². The average Bonchev–Trinajstić information content (AvgIpc) is 2.28. The summed E-state index contributed by atoms with van der Waals surface area (Å²) in [5, 5.41) is 0. The Morgan fingerprint density at radius 2 is 2.00 bits per heavy atom. The van der Waals surface area contributed by atoms with Crippen LogP contribution < -0.4 is 5.73 Å². The number of hydrogen-bond acceptors (Lipinski definition) is 3. The number of carbonyl (C=O) groups is 1. The summed E-state index contributed by atoms with van der Waals surface area (Å²) in [5.41, 5.74) is 7.29. The molecule has 2 N–H and O–H groups in total. The normalized spacial score (nSPS) is 12.2. The van der Waals surface area contributed by atoms with E-state index < -0.39 is 0 Å². The first-order valence-corrected chi connectivity index (χ1v) is 5.16. The topological polar surface area (TPSA) is 52.3 Å². The second kappa shape index (κ2) is 5.51. The van der Waals surface area contributed by atoms with Crippen LogP contribution >= 0.6 is 0 Å². The van der Waals surface area contributed by atoms with Crippen molar-refractivity contribution in [2.45, 2.75) is 19.8 Å². The van der Waals surface area contributed by atoms with Crippen LogP contribution in [0.25, 0.3) is 0 Å². The maximum absolute atomic E-state index is 11.3. The second-order valence-corrected chi connectivity index (χ2v) is 3.48. The minimum Gasteiger partial charge on any atom is -0.462 e. The molecule has 1 aromatic carbocycles. The molecule has 0 saturated carbocycles. The largest absolute Gasteiger partial charge is 0.462 e. The minimum atomic E-state index is -0.274. The third-order valence-electron chi connectivity index (χ3n) is 2.34. The molecule has 0 aliphatic heterocycles. The summed E-state index contributed by atoms with van der Waals surface area (Å²) < 4.78 is 4.89. The van der Waals surface area contributed by atoms with Crippen LogP contribution in [0.15, 0.2) is 24.3 Å². The zero-order chi connectivity index (χ0) is 11.3. The summed E-state index contributed by atoms with van der Waals surface area (Å²) in [6, 6.07) is 7.40. The molecule has 0 radical (unpaired) electrons. The third-order valence-corrected chi connectivity index (χ3v) is 2.34. The number of rotatable bonds is 4. The van der Waals surface area contributed by atoms with Gasteiger partial charge in [-0.05, 0) is 37.1 Å². The molecule has 0 aliphatic carbocycles. The smallest absolute Gasteiger partial charge is 0.338 e. The maximum Gasteiger partial charge on any atom is 0.338 e. The second-order valence-electron chi connectivity index (χ2n) is 3.48. The Morgan fingerprint density at radius 3 is 2.47 bits per heavy atom. The highest BCUT2D eigenvalue weighted by Crippen LogP contribution is 2.14. The average molecular weight is 207 g/mol. The number of benzene rings is 1. The highest BCUT2D eigenvalue weighted by molar-refractivity contribution is 5.89. The van der Waals surface area contributed by atoms with Gasteiger partial charge >= 0.3 is 5.97 Å². The Hall–Kier alpha value is -1.35. The number of hydrogen-bond donors (Lipinski definition) is 1. The van der Waals surface area contributed by atoms with E-state index in [1.54, 1.807) is 19.1 Å². The third kappa shape index (κ3) is 3.06. The quantitative estimate of drug-likeness (QED) is 0.767. The van der Waals surface area contributed by atoms with E-state index in [9.17, 15) is 4.79 Å². The van der Waals surface area contributed by atoms with Crippen LogP contribution in [-0.2, 0) is 4.74 Å². The Morgan fingerprint density at radius 1 is 1.40 bits per heavy atom. The van der Waals surface area contributed by atoms with E-state index in [1.165, 1.54) is 0 Å². The van der Waals surface area contributed by atoms with Gasteiger partial charge in [0, 0.05) is 0 Å². The summed E-state index contributed by atoms with van der Waals surface area (Å²) in [5.74, 6) is 0.0469. The maximum atomic E-state index is 11.3. The zero-order valence-corrected chi connectivity index (χ0v) is 9.19. The van der Waals surface area contributed by atoms with Gasteiger partial charge in [0.1, 0.15) is 0 Å². The molecule has 1 rings (SSSR count). The Bertz CT molecular complexity index is 319. The van der Waals surface area contributed by atoms with Crippen LogP contribution in [0.3, 0.4) is 0 Å². The molecule has 0 fully saturated rings. The highest BCUT2D eigenvalue weighted by atomic mass is 16.5. The van der Waals surface area contributed by atoms with Gasteiger partial charge in [0.15, 0.2) is 0 Å². The van der Waals surface area contributed by atoms with Gasteiger partial charge in [0.05, 0.1) is 12.2 Å². The molecule has 0 spiro atoms. The molecule has 3 heteroatoms. The number of ether oxygens (including phenoxy) is 1. The van der Waals surface area contributed by atoms with Gasteiger partial charge < -0.3 is 10.5 Å². The monoisotopic (exact) mass is 207 g/mol. The van der Waals surface area contributed by atoms with Crippen LogP contribution in [0.4, 0.5) is 0 Å². The molecule has 15 heavy (non-hydrogen) atoms. The Balaban J connectivity index is 2.76. The summed E-state index contributed by atoms with van der Waals surface area (Å²) in [7, 11) is 0. The van der Waals surface area contributed by atoms with E-state index in [0.717, 1.165) is 5.56 Å². The van der Waals surface area contributed by atoms with E-state index in [0.29, 0.717) is 24.6 Å². The molecule has 82 valence electrons. The van der Waals surface area contributed by atoms with Crippen molar-refractivity contribution in [3.63, 3.8) is 0 Å². The molecule has 1 unspecified atom stereocenters.